The molecule has 3 aromatic rings. The number of primary amides is 1. The lowest BCUT2D eigenvalue weighted by atomic mass is 10.2. The first-order valence-electron chi connectivity index (χ1n) is 7.86. The lowest BCUT2D eigenvalue weighted by molar-refractivity contribution is -0.116. The van der Waals surface area contributed by atoms with Crippen molar-refractivity contribution in [2.75, 3.05) is 5.32 Å². The topological polar surface area (TPSA) is 119 Å². The van der Waals surface area contributed by atoms with E-state index in [1.807, 2.05) is 6.07 Å². The summed E-state index contributed by atoms with van der Waals surface area (Å²) in [5.41, 5.74) is 6.81. The van der Waals surface area contributed by atoms with Gasteiger partial charge in [-0.3, -0.25) is 14.4 Å². The van der Waals surface area contributed by atoms with Crippen LogP contribution in [0.25, 0.3) is 5.69 Å². The molecule has 0 atom stereocenters. The molecule has 0 radical (unpaired) electrons. The first kappa shape index (κ1) is 18.2. The van der Waals surface area contributed by atoms with E-state index in [-0.39, 0.29) is 10.4 Å². The average Bonchev–Trinajstić information content (AvgIpc) is 3.06. The molecule has 27 heavy (non-hydrogen) atoms. The van der Waals surface area contributed by atoms with Crippen molar-refractivity contribution in [1.29, 1.82) is 0 Å². The monoisotopic (exact) mass is 381 g/mol. The largest absolute Gasteiger partial charge is 0.366 e. The highest BCUT2D eigenvalue weighted by Crippen LogP contribution is 2.12. The van der Waals surface area contributed by atoms with E-state index in [9.17, 15) is 14.4 Å². The number of aromatic nitrogens is 2. The molecule has 3 rings (SSSR count). The molecule has 0 saturated heterocycles. The molecule has 8 nitrogen and oxygen atoms in total. The number of hydrogen-bond donors (Lipinski definition) is 2. The van der Waals surface area contributed by atoms with Crippen LogP contribution in [-0.4, -0.2) is 26.9 Å². The Labute approximate surface area is 158 Å². The molecule has 0 fully saturated rings. The van der Waals surface area contributed by atoms with Crippen molar-refractivity contribution >= 4 is 34.9 Å². The van der Waals surface area contributed by atoms with Gasteiger partial charge in [-0.15, -0.1) is 5.10 Å². The second-order valence-corrected chi connectivity index (χ2v) is 6.40. The normalized spacial score (nSPS) is 11.2. The highest BCUT2D eigenvalue weighted by atomic mass is 32.1. The van der Waals surface area contributed by atoms with Gasteiger partial charge in [0, 0.05) is 18.2 Å². The van der Waals surface area contributed by atoms with Crippen LogP contribution in [0, 0.1) is 0 Å². The first-order chi connectivity index (χ1) is 12.9. The molecule has 0 saturated carbocycles. The number of benzene rings is 2. The number of carbonyl (C=O) groups is 3. The van der Waals surface area contributed by atoms with Crippen LogP contribution in [0.1, 0.15) is 27.8 Å². The van der Waals surface area contributed by atoms with Gasteiger partial charge >= 0.3 is 0 Å². The first-order valence-corrected chi connectivity index (χ1v) is 8.64. The summed E-state index contributed by atoms with van der Waals surface area (Å²) in [6.45, 7) is 1.30. The zero-order valence-electron chi connectivity index (χ0n) is 14.2. The van der Waals surface area contributed by atoms with Crippen LogP contribution in [0.5, 0.6) is 0 Å². The summed E-state index contributed by atoms with van der Waals surface area (Å²) in [7, 11) is 0. The maximum atomic E-state index is 12.6. The minimum absolute atomic E-state index is 0.0260. The van der Waals surface area contributed by atoms with Gasteiger partial charge in [0.1, 0.15) is 0 Å². The third-order valence-corrected chi connectivity index (χ3v) is 4.37. The van der Waals surface area contributed by atoms with Crippen molar-refractivity contribution in [2.24, 2.45) is 10.7 Å². The zero-order chi connectivity index (χ0) is 19.4. The SMILES string of the molecule is CC(=O)N=c1sn(-c2ccc(C(N)=O)cc2)nc1C(=O)Nc1ccccc1. The minimum atomic E-state index is -0.541. The summed E-state index contributed by atoms with van der Waals surface area (Å²) in [6.07, 6.45) is 0. The van der Waals surface area contributed by atoms with Gasteiger partial charge in [-0.05, 0) is 47.9 Å². The smallest absolute Gasteiger partial charge is 0.279 e. The lowest BCUT2D eigenvalue weighted by Crippen LogP contribution is -2.20. The van der Waals surface area contributed by atoms with Gasteiger partial charge in [-0.2, -0.15) is 9.06 Å². The molecule has 0 unspecified atom stereocenters. The predicted octanol–water partition coefficient (Wildman–Crippen LogP) is 1.73. The molecule has 0 aliphatic carbocycles. The number of amides is 3. The molecule has 0 aliphatic heterocycles. The fourth-order valence-electron chi connectivity index (χ4n) is 2.21. The number of para-hydroxylation sites is 1. The van der Waals surface area contributed by atoms with Crippen molar-refractivity contribution in [3.63, 3.8) is 0 Å². The third kappa shape index (κ3) is 4.33. The number of anilines is 1. The molecule has 9 heteroatoms. The zero-order valence-corrected chi connectivity index (χ0v) is 15.1. The van der Waals surface area contributed by atoms with Crippen molar-refractivity contribution < 1.29 is 14.4 Å². The lowest BCUT2D eigenvalue weighted by Gasteiger charge is -2.02. The molecular formula is C18H15N5O3S. The van der Waals surface area contributed by atoms with Gasteiger partial charge in [0.05, 0.1) is 5.69 Å². The molecule has 0 spiro atoms. The molecule has 0 aliphatic rings. The molecule has 3 amide bonds. The molecule has 3 N–H and O–H groups in total. The van der Waals surface area contributed by atoms with E-state index in [4.69, 9.17) is 5.73 Å². The van der Waals surface area contributed by atoms with Gasteiger partial charge in [0.25, 0.3) is 5.91 Å². The van der Waals surface area contributed by atoms with Crippen molar-refractivity contribution in [3.8, 4) is 5.69 Å². The van der Waals surface area contributed by atoms with E-state index < -0.39 is 17.7 Å². The number of nitrogens with zero attached hydrogens (tertiary/aromatic N) is 3. The molecule has 1 aromatic heterocycles. The van der Waals surface area contributed by atoms with Crippen LogP contribution in [0.3, 0.4) is 0 Å². The van der Waals surface area contributed by atoms with Gasteiger partial charge in [0.2, 0.25) is 11.8 Å². The van der Waals surface area contributed by atoms with Gasteiger partial charge < -0.3 is 11.1 Å². The van der Waals surface area contributed by atoms with Crippen LogP contribution >= 0.6 is 11.5 Å². The standard InChI is InChI=1S/C18H15N5O3S/c1-11(24)20-18-15(17(26)21-13-5-3-2-4-6-13)22-23(27-18)14-9-7-12(8-10-14)16(19)25/h2-10H,1H3,(H2,19,25)(H,21,26). The van der Waals surface area contributed by atoms with Gasteiger partial charge in [0.15, 0.2) is 10.4 Å². The highest BCUT2D eigenvalue weighted by molar-refractivity contribution is 7.04. The van der Waals surface area contributed by atoms with Crippen LogP contribution in [0.4, 0.5) is 5.69 Å². The van der Waals surface area contributed by atoms with Crippen LogP contribution < -0.4 is 15.7 Å². The van der Waals surface area contributed by atoms with E-state index in [1.54, 1.807) is 48.5 Å². The second-order valence-electron chi connectivity index (χ2n) is 5.48. The summed E-state index contributed by atoms with van der Waals surface area (Å²) in [5.74, 6) is -1.46. The number of nitrogens with two attached hydrogens (primary N) is 1. The van der Waals surface area contributed by atoms with Gasteiger partial charge in [-0.1, -0.05) is 18.2 Å². The maximum absolute atomic E-state index is 12.6. The van der Waals surface area contributed by atoms with E-state index >= 15 is 0 Å². The number of rotatable bonds is 4. The molecular weight excluding hydrogens is 366 g/mol. The Bertz CT molecular complexity index is 1070. The second kappa shape index (κ2) is 7.75. The van der Waals surface area contributed by atoms with Crippen LogP contribution in [0.15, 0.2) is 59.6 Å². The Hall–Kier alpha value is -3.59. The highest BCUT2D eigenvalue weighted by Gasteiger charge is 2.16. The van der Waals surface area contributed by atoms with E-state index in [2.05, 4.69) is 15.4 Å². The Morgan fingerprint density at radius 2 is 1.74 bits per heavy atom. The average molecular weight is 381 g/mol. The minimum Gasteiger partial charge on any atom is -0.366 e. The number of nitrogens with one attached hydrogen (secondary N) is 1. The Balaban J connectivity index is 1.99. The summed E-state index contributed by atoms with van der Waals surface area (Å²) in [5, 5.41) is 6.99. The fraction of sp³-hybridized carbons (Fsp3) is 0.0556. The summed E-state index contributed by atoms with van der Waals surface area (Å²) >= 11 is 1.04. The number of hydrogen-bond acceptors (Lipinski definition) is 5. The van der Waals surface area contributed by atoms with E-state index in [0.29, 0.717) is 16.9 Å². The van der Waals surface area contributed by atoms with Crippen molar-refractivity contribution in [2.45, 2.75) is 6.92 Å². The number of carbonyl (C=O) groups excluding carboxylic acids is 3. The third-order valence-electron chi connectivity index (χ3n) is 3.44. The Morgan fingerprint density at radius 1 is 1.07 bits per heavy atom. The van der Waals surface area contributed by atoms with Crippen molar-refractivity contribution in [1.82, 2.24) is 9.17 Å². The van der Waals surface area contributed by atoms with E-state index in [1.165, 1.54) is 11.0 Å². The van der Waals surface area contributed by atoms with Gasteiger partial charge in [-0.25, -0.2) is 0 Å². The fourth-order valence-corrected chi connectivity index (χ4v) is 3.12. The van der Waals surface area contributed by atoms with Crippen molar-refractivity contribution in [3.05, 3.63) is 70.5 Å². The predicted molar refractivity (Wildman–Crippen MR) is 101 cm³/mol. The summed E-state index contributed by atoms with van der Waals surface area (Å²) in [4.78, 5) is 39.1. The molecule has 2 aromatic carbocycles. The Kier molecular flexibility index (Phi) is 5.23. The summed E-state index contributed by atoms with van der Waals surface area (Å²) in [6, 6.07) is 15.3. The van der Waals surface area contributed by atoms with E-state index in [0.717, 1.165) is 11.5 Å². The maximum Gasteiger partial charge on any atom is 0.279 e. The quantitative estimate of drug-likeness (QED) is 0.715. The molecule has 0 bridgehead atoms. The molecule has 1 heterocycles. The van der Waals surface area contributed by atoms with Crippen LogP contribution in [-0.2, 0) is 4.79 Å². The molecule has 136 valence electrons. The summed E-state index contributed by atoms with van der Waals surface area (Å²) < 4.78 is 1.64. The Morgan fingerprint density at radius 3 is 2.33 bits per heavy atom. The van der Waals surface area contributed by atoms with Crippen LogP contribution in [0.2, 0.25) is 0 Å².